The van der Waals surface area contributed by atoms with Gasteiger partial charge in [0.1, 0.15) is 5.75 Å². The summed E-state index contributed by atoms with van der Waals surface area (Å²) in [5.74, 6) is 0.859. The average Bonchev–Trinajstić information content (AvgIpc) is 3.16. The molecule has 0 aliphatic carbocycles. The molecule has 0 spiro atoms. The van der Waals surface area contributed by atoms with Crippen molar-refractivity contribution < 1.29 is 9.53 Å². The van der Waals surface area contributed by atoms with Crippen molar-refractivity contribution in [1.29, 1.82) is 0 Å². The number of pyridine rings is 1. The minimum Gasteiger partial charge on any atom is -0.497 e. The number of likely N-dealkylation sites (tertiary alicyclic amines) is 1. The molecule has 1 N–H and O–H groups in total. The number of carbonyl (C=O) groups excluding carboxylic acids is 1. The molecule has 2 aromatic carbocycles. The first-order chi connectivity index (χ1) is 13.2. The van der Waals surface area contributed by atoms with Crippen LogP contribution in [0.25, 0.3) is 10.9 Å². The van der Waals surface area contributed by atoms with E-state index in [0.29, 0.717) is 6.54 Å². The number of methoxy groups -OCH3 is 1. The van der Waals surface area contributed by atoms with Crippen molar-refractivity contribution in [3.63, 3.8) is 0 Å². The van der Waals surface area contributed by atoms with E-state index in [2.05, 4.69) is 27.3 Å². The van der Waals surface area contributed by atoms with Gasteiger partial charge in [-0.25, -0.2) is 0 Å². The van der Waals surface area contributed by atoms with Crippen LogP contribution in [0.1, 0.15) is 24.4 Å². The first-order valence-electron chi connectivity index (χ1n) is 9.26. The molecule has 1 saturated heterocycles. The van der Waals surface area contributed by atoms with Gasteiger partial charge in [0, 0.05) is 17.6 Å². The van der Waals surface area contributed by atoms with Crippen LogP contribution in [0.15, 0.2) is 60.8 Å². The molecule has 5 heteroatoms. The number of ether oxygens (including phenoxy) is 1. The number of carbonyl (C=O) groups is 1. The molecule has 1 amide bonds. The second-order valence-corrected chi connectivity index (χ2v) is 6.83. The van der Waals surface area contributed by atoms with Gasteiger partial charge in [-0.15, -0.1) is 0 Å². The smallest absolute Gasteiger partial charge is 0.238 e. The molecule has 2 heterocycles. The second kappa shape index (κ2) is 7.76. The van der Waals surface area contributed by atoms with E-state index in [4.69, 9.17) is 4.74 Å². The molecule has 138 valence electrons. The highest BCUT2D eigenvalue weighted by Crippen LogP contribution is 2.32. The Kier molecular flexibility index (Phi) is 5.03. The van der Waals surface area contributed by atoms with Crippen molar-refractivity contribution in [2.24, 2.45) is 0 Å². The molecule has 1 aliphatic rings. The summed E-state index contributed by atoms with van der Waals surface area (Å²) >= 11 is 0. The summed E-state index contributed by atoms with van der Waals surface area (Å²) in [6.45, 7) is 1.31. The first-order valence-corrected chi connectivity index (χ1v) is 9.26. The lowest BCUT2D eigenvalue weighted by Gasteiger charge is -2.24. The van der Waals surface area contributed by atoms with Crippen LogP contribution in [0.3, 0.4) is 0 Å². The molecule has 4 rings (SSSR count). The van der Waals surface area contributed by atoms with Crippen molar-refractivity contribution in [2.45, 2.75) is 18.9 Å². The molecular weight excluding hydrogens is 338 g/mol. The van der Waals surface area contributed by atoms with Crippen LogP contribution >= 0.6 is 0 Å². The number of amides is 1. The summed E-state index contributed by atoms with van der Waals surface area (Å²) in [5, 5.41) is 4.02. The van der Waals surface area contributed by atoms with E-state index in [-0.39, 0.29) is 11.9 Å². The van der Waals surface area contributed by atoms with Gasteiger partial charge in [-0.3, -0.25) is 14.7 Å². The third kappa shape index (κ3) is 3.78. The number of aromatic nitrogens is 1. The Morgan fingerprint density at radius 2 is 2.04 bits per heavy atom. The Labute approximate surface area is 159 Å². The van der Waals surface area contributed by atoms with Crippen LogP contribution in [0.4, 0.5) is 5.69 Å². The highest BCUT2D eigenvalue weighted by molar-refractivity contribution is 6.01. The van der Waals surface area contributed by atoms with E-state index >= 15 is 0 Å². The lowest BCUT2D eigenvalue weighted by molar-refractivity contribution is -0.117. The van der Waals surface area contributed by atoms with Crippen LogP contribution in [0.2, 0.25) is 0 Å². The minimum absolute atomic E-state index is 0.00626. The SMILES string of the molecule is COc1ccc(C2CCCN2CC(=O)Nc2cccc3ncccc23)cc1. The number of nitrogens with zero attached hydrogens (tertiary/aromatic N) is 2. The molecule has 27 heavy (non-hydrogen) atoms. The molecule has 1 aliphatic heterocycles. The Morgan fingerprint density at radius 1 is 1.19 bits per heavy atom. The van der Waals surface area contributed by atoms with Gasteiger partial charge in [-0.2, -0.15) is 0 Å². The summed E-state index contributed by atoms with van der Waals surface area (Å²) in [5.41, 5.74) is 2.92. The molecule has 1 fully saturated rings. The zero-order valence-electron chi connectivity index (χ0n) is 15.4. The molecule has 5 nitrogen and oxygen atoms in total. The fraction of sp³-hybridized carbons (Fsp3) is 0.273. The summed E-state index contributed by atoms with van der Waals surface area (Å²) < 4.78 is 5.24. The highest BCUT2D eigenvalue weighted by atomic mass is 16.5. The van der Waals surface area contributed by atoms with Gasteiger partial charge < -0.3 is 10.1 Å². The van der Waals surface area contributed by atoms with Gasteiger partial charge >= 0.3 is 0 Å². The van der Waals surface area contributed by atoms with Crippen molar-refractivity contribution in [2.75, 3.05) is 25.5 Å². The number of nitrogens with one attached hydrogen (secondary N) is 1. The third-order valence-electron chi connectivity index (χ3n) is 5.13. The number of benzene rings is 2. The Morgan fingerprint density at radius 3 is 2.85 bits per heavy atom. The fourth-order valence-corrected chi connectivity index (χ4v) is 3.81. The normalized spacial score (nSPS) is 17.1. The Hall–Kier alpha value is -2.92. The van der Waals surface area contributed by atoms with Crippen LogP contribution in [0.5, 0.6) is 5.75 Å². The molecule has 0 bridgehead atoms. The topological polar surface area (TPSA) is 54.5 Å². The predicted octanol–water partition coefficient (Wildman–Crippen LogP) is 4.02. The fourth-order valence-electron chi connectivity index (χ4n) is 3.81. The lowest BCUT2D eigenvalue weighted by Crippen LogP contribution is -2.33. The average molecular weight is 361 g/mol. The van der Waals surface area contributed by atoms with E-state index in [1.807, 2.05) is 42.5 Å². The van der Waals surface area contributed by atoms with E-state index in [1.165, 1.54) is 5.56 Å². The summed E-state index contributed by atoms with van der Waals surface area (Å²) in [4.78, 5) is 19.3. The van der Waals surface area contributed by atoms with E-state index in [1.54, 1.807) is 13.3 Å². The first kappa shape index (κ1) is 17.5. The van der Waals surface area contributed by atoms with Crippen LogP contribution in [0, 0.1) is 0 Å². The van der Waals surface area contributed by atoms with Crippen LogP contribution in [-0.4, -0.2) is 36.0 Å². The molecule has 3 aromatic rings. The Balaban J connectivity index is 1.46. The molecule has 1 atom stereocenters. The van der Waals surface area contributed by atoms with E-state index in [0.717, 1.165) is 41.7 Å². The standard InChI is InChI=1S/C22H23N3O2/c1-27-17-11-9-16(10-12-17)21-8-4-14-25(21)15-22(26)24-20-7-2-6-19-18(20)5-3-13-23-19/h2-3,5-7,9-13,21H,4,8,14-15H2,1H3,(H,24,26). The second-order valence-electron chi connectivity index (χ2n) is 6.83. The third-order valence-corrected chi connectivity index (χ3v) is 5.13. The zero-order chi connectivity index (χ0) is 18.6. The molecule has 1 aromatic heterocycles. The zero-order valence-corrected chi connectivity index (χ0v) is 15.4. The Bertz CT molecular complexity index is 934. The number of rotatable bonds is 5. The monoisotopic (exact) mass is 361 g/mol. The maximum atomic E-state index is 12.7. The van der Waals surface area contributed by atoms with Gasteiger partial charge in [0.15, 0.2) is 0 Å². The van der Waals surface area contributed by atoms with Crippen molar-refractivity contribution in [1.82, 2.24) is 9.88 Å². The quantitative estimate of drug-likeness (QED) is 0.746. The maximum absolute atomic E-state index is 12.7. The summed E-state index contributed by atoms with van der Waals surface area (Å²) in [6, 6.07) is 18.1. The minimum atomic E-state index is 0.00626. The van der Waals surface area contributed by atoms with Crippen molar-refractivity contribution >= 4 is 22.5 Å². The van der Waals surface area contributed by atoms with Crippen molar-refractivity contribution in [3.8, 4) is 5.75 Å². The number of fused-ring (bicyclic) bond motifs is 1. The highest BCUT2D eigenvalue weighted by Gasteiger charge is 2.27. The molecule has 0 saturated carbocycles. The van der Waals surface area contributed by atoms with Gasteiger partial charge in [0.05, 0.1) is 24.9 Å². The number of anilines is 1. The number of hydrogen-bond acceptors (Lipinski definition) is 4. The van der Waals surface area contributed by atoms with Crippen molar-refractivity contribution in [3.05, 3.63) is 66.4 Å². The largest absolute Gasteiger partial charge is 0.497 e. The van der Waals surface area contributed by atoms with Gasteiger partial charge in [0.25, 0.3) is 0 Å². The maximum Gasteiger partial charge on any atom is 0.238 e. The van der Waals surface area contributed by atoms with Crippen LogP contribution in [-0.2, 0) is 4.79 Å². The lowest BCUT2D eigenvalue weighted by atomic mass is 10.0. The predicted molar refractivity (Wildman–Crippen MR) is 107 cm³/mol. The molecule has 0 radical (unpaired) electrons. The van der Waals surface area contributed by atoms with Gasteiger partial charge in [-0.1, -0.05) is 18.2 Å². The summed E-state index contributed by atoms with van der Waals surface area (Å²) in [6.07, 6.45) is 3.93. The molecule has 1 unspecified atom stereocenters. The summed E-state index contributed by atoms with van der Waals surface area (Å²) in [7, 11) is 1.67. The number of hydrogen-bond donors (Lipinski definition) is 1. The van der Waals surface area contributed by atoms with Gasteiger partial charge in [-0.05, 0) is 61.3 Å². The van der Waals surface area contributed by atoms with Gasteiger partial charge in [0.2, 0.25) is 5.91 Å². The molecular formula is C22H23N3O2. The van der Waals surface area contributed by atoms with Crippen LogP contribution < -0.4 is 10.1 Å². The van der Waals surface area contributed by atoms with E-state index < -0.39 is 0 Å². The van der Waals surface area contributed by atoms with E-state index in [9.17, 15) is 4.79 Å².